The second kappa shape index (κ2) is 8.04. The Morgan fingerprint density at radius 3 is 2.70 bits per heavy atom. The Bertz CT molecular complexity index is 1210. The number of furan rings is 1. The standard InChI is InChI=1S/C26H29FN2O4/c1-26(2,25(32)29-13-5-8-15-16(24(30)31)6-4-10-20(15)29)18-14-28-19-9-3-7-17(23(18)19)21-11-12-22(27)33-21/h3,7,9,11-12,14-16,20,28H,4-6,8,10,13H2,1-2H3,(H,30,31). The lowest BCUT2D eigenvalue weighted by Gasteiger charge is -2.48. The topological polar surface area (TPSA) is 86.5 Å². The quantitative estimate of drug-likeness (QED) is 0.560. The molecule has 33 heavy (non-hydrogen) atoms. The molecule has 1 saturated heterocycles. The summed E-state index contributed by atoms with van der Waals surface area (Å²) >= 11 is 0. The van der Waals surface area contributed by atoms with Gasteiger partial charge < -0.3 is 19.4 Å². The summed E-state index contributed by atoms with van der Waals surface area (Å²) in [5, 5.41) is 10.6. The number of amides is 1. The number of aromatic amines is 1. The maximum Gasteiger partial charge on any atom is 0.306 e. The van der Waals surface area contributed by atoms with Crippen molar-refractivity contribution in [3.63, 3.8) is 0 Å². The molecular formula is C26H29FN2O4. The monoisotopic (exact) mass is 452 g/mol. The number of carboxylic acid groups (broad SMARTS) is 1. The number of hydrogen-bond donors (Lipinski definition) is 2. The van der Waals surface area contributed by atoms with Crippen molar-refractivity contribution in [2.45, 2.75) is 57.4 Å². The van der Waals surface area contributed by atoms with E-state index in [-0.39, 0.29) is 23.8 Å². The normalized spacial score (nSPS) is 23.5. The summed E-state index contributed by atoms with van der Waals surface area (Å²) < 4.78 is 18.9. The van der Waals surface area contributed by atoms with Crippen LogP contribution in [0.2, 0.25) is 0 Å². The minimum Gasteiger partial charge on any atom is -0.481 e. The van der Waals surface area contributed by atoms with Gasteiger partial charge in [-0.2, -0.15) is 4.39 Å². The summed E-state index contributed by atoms with van der Waals surface area (Å²) in [5.74, 6) is -0.697. The average Bonchev–Trinajstić information content (AvgIpc) is 3.44. The minimum atomic E-state index is -0.864. The molecule has 2 N–H and O–H groups in total. The van der Waals surface area contributed by atoms with Crippen molar-refractivity contribution in [1.29, 1.82) is 0 Å². The Kier molecular flexibility index (Phi) is 5.30. The molecule has 1 amide bonds. The zero-order chi connectivity index (χ0) is 23.3. The van der Waals surface area contributed by atoms with Gasteiger partial charge in [0.2, 0.25) is 5.91 Å². The molecule has 0 spiro atoms. The van der Waals surface area contributed by atoms with E-state index in [9.17, 15) is 19.1 Å². The van der Waals surface area contributed by atoms with E-state index in [2.05, 4.69) is 4.98 Å². The zero-order valence-corrected chi connectivity index (χ0v) is 18.9. The molecule has 3 heterocycles. The number of rotatable bonds is 4. The summed E-state index contributed by atoms with van der Waals surface area (Å²) in [7, 11) is 0. The van der Waals surface area contributed by atoms with Crippen LogP contribution in [-0.4, -0.2) is 39.5 Å². The third kappa shape index (κ3) is 3.54. The van der Waals surface area contributed by atoms with E-state index in [0.29, 0.717) is 18.7 Å². The number of nitrogens with one attached hydrogen (secondary N) is 1. The first-order valence-corrected chi connectivity index (χ1v) is 11.7. The van der Waals surface area contributed by atoms with Crippen LogP contribution in [-0.2, 0) is 15.0 Å². The molecule has 1 aromatic carbocycles. The number of H-pyrrole nitrogens is 1. The smallest absolute Gasteiger partial charge is 0.306 e. The number of carbonyl (C=O) groups is 2. The number of hydrogen-bond acceptors (Lipinski definition) is 3. The van der Waals surface area contributed by atoms with Gasteiger partial charge in [0.1, 0.15) is 5.76 Å². The van der Waals surface area contributed by atoms with Crippen LogP contribution in [0.4, 0.5) is 4.39 Å². The number of fused-ring (bicyclic) bond motifs is 2. The first-order valence-electron chi connectivity index (χ1n) is 11.7. The lowest BCUT2D eigenvalue weighted by Crippen LogP contribution is -2.56. The average molecular weight is 453 g/mol. The molecule has 1 saturated carbocycles. The van der Waals surface area contributed by atoms with Crippen LogP contribution in [0.25, 0.3) is 22.2 Å². The van der Waals surface area contributed by atoms with Crippen LogP contribution in [0.15, 0.2) is 40.9 Å². The van der Waals surface area contributed by atoms with E-state index in [1.54, 1.807) is 6.07 Å². The molecule has 7 heteroatoms. The van der Waals surface area contributed by atoms with Crippen molar-refractivity contribution in [3.05, 3.63) is 48.1 Å². The van der Waals surface area contributed by atoms with Gasteiger partial charge in [-0.3, -0.25) is 9.59 Å². The predicted molar refractivity (Wildman–Crippen MR) is 122 cm³/mol. The molecular weight excluding hydrogens is 423 g/mol. The van der Waals surface area contributed by atoms with Crippen LogP contribution in [0.1, 0.15) is 51.5 Å². The summed E-state index contributed by atoms with van der Waals surface area (Å²) in [4.78, 5) is 31.1. The van der Waals surface area contributed by atoms with Crippen molar-refractivity contribution >= 4 is 22.8 Å². The predicted octanol–water partition coefficient (Wildman–Crippen LogP) is 5.34. The fourth-order valence-corrected chi connectivity index (χ4v) is 6.06. The van der Waals surface area contributed by atoms with E-state index < -0.39 is 17.4 Å². The number of piperidine rings is 1. The highest BCUT2D eigenvalue weighted by Gasteiger charge is 2.47. The molecule has 2 aliphatic rings. The molecule has 1 aliphatic carbocycles. The molecule has 174 valence electrons. The molecule has 2 fully saturated rings. The van der Waals surface area contributed by atoms with Crippen molar-refractivity contribution < 1.29 is 23.5 Å². The van der Waals surface area contributed by atoms with Gasteiger partial charge in [0, 0.05) is 41.3 Å². The molecule has 5 rings (SSSR count). The number of aliphatic carboxylic acids is 1. The first-order chi connectivity index (χ1) is 15.8. The van der Waals surface area contributed by atoms with Gasteiger partial charge >= 0.3 is 5.97 Å². The van der Waals surface area contributed by atoms with Gasteiger partial charge in [-0.05, 0) is 63.1 Å². The van der Waals surface area contributed by atoms with Gasteiger partial charge in [-0.15, -0.1) is 0 Å². The van der Waals surface area contributed by atoms with Crippen molar-refractivity contribution in [3.8, 4) is 11.3 Å². The molecule has 0 bridgehead atoms. The first kappa shape index (κ1) is 21.7. The molecule has 3 unspecified atom stereocenters. The molecule has 6 nitrogen and oxygen atoms in total. The highest BCUT2D eigenvalue weighted by molar-refractivity contribution is 6.01. The Labute approximate surface area is 191 Å². The number of likely N-dealkylation sites (tertiary alicyclic amines) is 1. The van der Waals surface area contributed by atoms with Gasteiger partial charge in [-0.1, -0.05) is 18.6 Å². The van der Waals surface area contributed by atoms with Crippen molar-refractivity contribution in [2.75, 3.05) is 6.54 Å². The van der Waals surface area contributed by atoms with Gasteiger partial charge in [0.15, 0.2) is 0 Å². The van der Waals surface area contributed by atoms with Crippen molar-refractivity contribution in [1.82, 2.24) is 9.88 Å². The second-order valence-electron chi connectivity index (χ2n) is 9.91. The molecule has 0 radical (unpaired) electrons. The number of benzene rings is 1. The lowest BCUT2D eigenvalue weighted by atomic mass is 9.70. The minimum absolute atomic E-state index is 0.00423. The zero-order valence-electron chi connectivity index (χ0n) is 18.9. The molecule has 3 atom stereocenters. The van der Waals surface area contributed by atoms with E-state index >= 15 is 0 Å². The lowest BCUT2D eigenvalue weighted by molar-refractivity contribution is -0.153. The Morgan fingerprint density at radius 1 is 1.15 bits per heavy atom. The Hall–Kier alpha value is -3.09. The largest absolute Gasteiger partial charge is 0.481 e. The van der Waals surface area contributed by atoms with Crippen LogP contribution in [0, 0.1) is 17.8 Å². The summed E-state index contributed by atoms with van der Waals surface area (Å²) in [6.07, 6.45) is 5.89. The van der Waals surface area contributed by atoms with Crippen LogP contribution in [0.5, 0.6) is 0 Å². The third-order valence-electron chi connectivity index (χ3n) is 7.69. The van der Waals surface area contributed by atoms with Crippen LogP contribution in [0.3, 0.4) is 0 Å². The van der Waals surface area contributed by atoms with E-state index in [4.69, 9.17) is 4.42 Å². The number of carboxylic acids is 1. The third-order valence-corrected chi connectivity index (χ3v) is 7.69. The van der Waals surface area contributed by atoms with Crippen molar-refractivity contribution in [2.24, 2.45) is 11.8 Å². The van der Waals surface area contributed by atoms with E-state index in [1.165, 1.54) is 6.07 Å². The molecule has 3 aromatic rings. The highest BCUT2D eigenvalue weighted by atomic mass is 19.1. The van der Waals surface area contributed by atoms with E-state index in [1.807, 2.05) is 43.1 Å². The fourth-order valence-electron chi connectivity index (χ4n) is 6.06. The maximum absolute atomic E-state index is 14.0. The van der Waals surface area contributed by atoms with Gasteiger partial charge in [-0.25, -0.2) is 0 Å². The summed E-state index contributed by atoms with van der Waals surface area (Å²) in [6, 6.07) is 7.86. The maximum atomic E-state index is 14.0. The summed E-state index contributed by atoms with van der Waals surface area (Å²) in [6.45, 7) is 4.48. The number of halogens is 1. The number of aromatic nitrogens is 1. The molecule has 1 aliphatic heterocycles. The number of carbonyl (C=O) groups excluding carboxylic acids is 1. The molecule has 2 aromatic heterocycles. The SMILES string of the molecule is CC(C)(C(=O)N1CCCC2C(C(=O)O)CCCC21)c1c[nH]c2cccc(-c3ccc(F)o3)c12. The Morgan fingerprint density at radius 2 is 1.97 bits per heavy atom. The number of nitrogens with zero attached hydrogens (tertiary/aromatic N) is 1. The van der Waals surface area contributed by atoms with E-state index in [0.717, 1.165) is 47.7 Å². The van der Waals surface area contributed by atoms with Gasteiger partial charge in [0.25, 0.3) is 6.01 Å². The Balaban J connectivity index is 1.53. The summed E-state index contributed by atoms with van der Waals surface area (Å²) in [5.41, 5.74) is 1.54. The highest BCUT2D eigenvalue weighted by Crippen LogP contribution is 2.43. The van der Waals surface area contributed by atoms with Crippen LogP contribution >= 0.6 is 0 Å². The van der Waals surface area contributed by atoms with Crippen LogP contribution < -0.4 is 0 Å². The fraction of sp³-hybridized carbons (Fsp3) is 0.462. The second-order valence-corrected chi connectivity index (χ2v) is 9.91. The van der Waals surface area contributed by atoms with Gasteiger partial charge in [0.05, 0.1) is 11.3 Å².